The Bertz CT molecular complexity index is 583. The Balaban J connectivity index is 2.16. The molecule has 0 bridgehead atoms. The Labute approximate surface area is 115 Å². The fourth-order valence-electron chi connectivity index (χ4n) is 1.41. The van der Waals surface area contributed by atoms with Crippen LogP contribution in [0.1, 0.15) is 10.4 Å². The van der Waals surface area contributed by atoms with Crippen molar-refractivity contribution in [2.24, 2.45) is 0 Å². The van der Waals surface area contributed by atoms with Crippen LogP contribution < -0.4 is 5.73 Å². The van der Waals surface area contributed by atoms with Gasteiger partial charge < -0.3 is 10.6 Å². The van der Waals surface area contributed by atoms with Gasteiger partial charge in [0.1, 0.15) is 10.1 Å². The second-order valence-corrected chi connectivity index (χ2v) is 5.09. The van der Waals surface area contributed by atoms with Crippen molar-refractivity contribution in [1.29, 1.82) is 0 Å². The SMILES string of the molecule is CN(C)C(=O)c1ccc(Sc2ncccc2N)nc1. The predicted molar refractivity (Wildman–Crippen MR) is 75.0 cm³/mol. The van der Waals surface area contributed by atoms with Gasteiger partial charge in [-0.05, 0) is 36.0 Å². The summed E-state index contributed by atoms with van der Waals surface area (Å²) in [4.78, 5) is 21.6. The van der Waals surface area contributed by atoms with Crippen LogP contribution in [0, 0.1) is 0 Å². The minimum absolute atomic E-state index is 0.0681. The fraction of sp³-hybridized carbons (Fsp3) is 0.154. The molecule has 19 heavy (non-hydrogen) atoms. The summed E-state index contributed by atoms with van der Waals surface area (Å²) in [6.45, 7) is 0. The van der Waals surface area contributed by atoms with E-state index in [0.29, 0.717) is 16.3 Å². The lowest BCUT2D eigenvalue weighted by atomic mass is 10.2. The molecule has 0 radical (unpaired) electrons. The van der Waals surface area contributed by atoms with E-state index >= 15 is 0 Å². The number of aromatic nitrogens is 2. The van der Waals surface area contributed by atoms with Crippen LogP contribution in [0.15, 0.2) is 46.7 Å². The normalized spacial score (nSPS) is 10.2. The Morgan fingerprint density at radius 1 is 1.26 bits per heavy atom. The molecular weight excluding hydrogens is 260 g/mol. The number of carbonyl (C=O) groups is 1. The van der Waals surface area contributed by atoms with Crippen LogP contribution in [0.2, 0.25) is 0 Å². The van der Waals surface area contributed by atoms with Gasteiger partial charge in [0.2, 0.25) is 0 Å². The van der Waals surface area contributed by atoms with E-state index < -0.39 is 0 Å². The number of nitrogen functional groups attached to an aromatic ring is 1. The lowest BCUT2D eigenvalue weighted by Gasteiger charge is -2.10. The maximum absolute atomic E-state index is 11.7. The van der Waals surface area contributed by atoms with E-state index in [2.05, 4.69) is 9.97 Å². The maximum Gasteiger partial charge on any atom is 0.254 e. The van der Waals surface area contributed by atoms with Gasteiger partial charge in [-0.1, -0.05) is 0 Å². The highest BCUT2D eigenvalue weighted by atomic mass is 32.2. The molecule has 6 heteroatoms. The minimum atomic E-state index is -0.0681. The van der Waals surface area contributed by atoms with Gasteiger partial charge >= 0.3 is 0 Å². The third-order valence-corrected chi connectivity index (χ3v) is 3.38. The van der Waals surface area contributed by atoms with Crippen LogP contribution in [-0.2, 0) is 0 Å². The van der Waals surface area contributed by atoms with E-state index in [1.54, 1.807) is 50.8 Å². The van der Waals surface area contributed by atoms with Crippen molar-refractivity contribution in [3.05, 3.63) is 42.2 Å². The van der Waals surface area contributed by atoms with Gasteiger partial charge in [0.05, 0.1) is 11.3 Å². The molecule has 0 aliphatic carbocycles. The maximum atomic E-state index is 11.7. The number of nitrogens with two attached hydrogens (primary N) is 1. The van der Waals surface area contributed by atoms with Crippen LogP contribution in [0.4, 0.5) is 5.69 Å². The summed E-state index contributed by atoms with van der Waals surface area (Å²) in [5, 5.41) is 1.46. The predicted octanol–water partition coefficient (Wildman–Crippen LogP) is 1.91. The van der Waals surface area contributed by atoms with Crippen molar-refractivity contribution < 1.29 is 4.79 Å². The van der Waals surface area contributed by atoms with Crippen molar-refractivity contribution in [2.45, 2.75) is 10.1 Å². The van der Waals surface area contributed by atoms with Crippen molar-refractivity contribution in [3.63, 3.8) is 0 Å². The zero-order valence-corrected chi connectivity index (χ0v) is 11.5. The van der Waals surface area contributed by atoms with Crippen molar-refractivity contribution in [1.82, 2.24) is 14.9 Å². The molecule has 2 N–H and O–H groups in total. The third-order valence-electron chi connectivity index (χ3n) is 2.39. The van der Waals surface area contributed by atoms with Gasteiger partial charge in [-0.2, -0.15) is 0 Å². The first-order chi connectivity index (χ1) is 9.08. The van der Waals surface area contributed by atoms with Crippen molar-refractivity contribution in [2.75, 3.05) is 19.8 Å². The highest BCUT2D eigenvalue weighted by Gasteiger charge is 2.09. The van der Waals surface area contributed by atoms with E-state index in [0.717, 1.165) is 5.03 Å². The minimum Gasteiger partial charge on any atom is -0.397 e. The van der Waals surface area contributed by atoms with Crippen molar-refractivity contribution in [3.8, 4) is 0 Å². The quantitative estimate of drug-likeness (QED) is 0.925. The molecule has 0 atom stereocenters. The van der Waals surface area contributed by atoms with Gasteiger partial charge in [0.25, 0.3) is 5.91 Å². The summed E-state index contributed by atoms with van der Waals surface area (Å²) in [5.74, 6) is -0.0681. The molecule has 0 fully saturated rings. The smallest absolute Gasteiger partial charge is 0.254 e. The molecule has 0 aromatic carbocycles. The summed E-state index contributed by atoms with van der Waals surface area (Å²) < 4.78 is 0. The number of hydrogen-bond donors (Lipinski definition) is 1. The Hall–Kier alpha value is -2.08. The van der Waals surface area contributed by atoms with Crippen LogP contribution >= 0.6 is 11.8 Å². The monoisotopic (exact) mass is 274 g/mol. The number of nitrogens with zero attached hydrogens (tertiary/aromatic N) is 3. The number of carbonyl (C=O) groups excluding carboxylic acids is 1. The number of pyridine rings is 2. The summed E-state index contributed by atoms with van der Waals surface area (Å²) in [6.07, 6.45) is 3.24. The number of rotatable bonds is 3. The number of hydrogen-bond acceptors (Lipinski definition) is 5. The second-order valence-electron chi connectivity index (χ2n) is 4.08. The Kier molecular flexibility index (Phi) is 4.01. The summed E-state index contributed by atoms with van der Waals surface area (Å²) >= 11 is 1.37. The molecule has 0 saturated carbocycles. The number of anilines is 1. The van der Waals surface area contributed by atoms with E-state index in [1.807, 2.05) is 0 Å². The lowest BCUT2D eigenvalue weighted by Crippen LogP contribution is -2.21. The third kappa shape index (κ3) is 3.23. The summed E-state index contributed by atoms with van der Waals surface area (Å²) in [5.41, 5.74) is 6.99. The molecule has 0 unspecified atom stereocenters. The average Bonchev–Trinajstić information content (AvgIpc) is 2.41. The highest BCUT2D eigenvalue weighted by Crippen LogP contribution is 2.28. The summed E-state index contributed by atoms with van der Waals surface area (Å²) in [7, 11) is 3.42. The molecule has 0 spiro atoms. The molecule has 1 amide bonds. The first kappa shape index (κ1) is 13.4. The lowest BCUT2D eigenvalue weighted by molar-refractivity contribution is 0.0827. The van der Waals surface area contributed by atoms with Gasteiger partial charge in [-0.3, -0.25) is 4.79 Å². The first-order valence-electron chi connectivity index (χ1n) is 5.64. The Morgan fingerprint density at radius 3 is 2.63 bits per heavy atom. The molecule has 0 saturated heterocycles. The number of amides is 1. The van der Waals surface area contributed by atoms with Crippen LogP contribution in [0.25, 0.3) is 0 Å². The summed E-state index contributed by atoms with van der Waals surface area (Å²) in [6, 6.07) is 7.11. The van der Waals surface area contributed by atoms with Gasteiger partial charge in [0, 0.05) is 26.5 Å². The largest absolute Gasteiger partial charge is 0.397 e. The Morgan fingerprint density at radius 2 is 2.05 bits per heavy atom. The standard InChI is InChI=1S/C13H14N4OS/c1-17(2)13(18)9-5-6-11(16-8-9)19-12-10(14)4-3-7-15-12/h3-8H,14H2,1-2H3. The molecule has 2 rings (SSSR count). The van der Waals surface area contributed by atoms with Gasteiger partial charge in [0.15, 0.2) is 0 Å². The molecule has 98 valence electrons. The van der Waals surface area contributed by atoms with Crippen LogP contribution in [-0.4, -0.2) is 34.9 Å². The van der Waals surface area contributed by atoms with Gasteiger partial charge in [-0.15, -0.1) is 0 Å². The fourth-order valence-corrected chi connectivity index (χ4v) is 2.15. The van der Waals surface area contributed by atoms with Crippen LogP contribution in [0.3, 0.4) is 0 Å². The molecule has 2 aromatic heterocycles. The first-order valence-corrected chi connectivity index (χ1v) is 6.45. The molecule has 0 aliphatic heterocycles. The molecular formula is C13H14N4OS. The van der Waals surface area contributed by atoms with Gasteiger partial charge in [-0.25, -0.2) is 9.97 Å². The molecule has 0 aliphatic rings. The van der Waals surface area contributed by atoms with Crippen LogP contribution in [0.5, 0.6) is 0 Å². The zero-order chi connectivity index (χ0) is 13.8. The topological polar surface area (TPSA) is 72.1 Å². The van der Waals surface area contributed by atoms with E-state index in [9.17, 15) is 4.79 Å². The van der Waals surface area contributed by atoms with E-state index in [4.69, 9.17) is 5.73 Å². The zero-order valence-electron chi connectivity index (χ0n) is 10.7. The molecule has 2 heterocycles. The molecule has 2 aromatic rings. The second kappa shape index (κ2) is 5.71. The average molecular weight is 274 g/mol. The highest BCUT2D eigenvalue weighted by molar-refractivity contribution is 7.99. The molecule has 5 nitrogen and oxygen atoms in total. The van der Waals surface area contributed by atoms with E-state index in [1.165, 1.54) is 16.7 Å². The van der Waals surface area contributed by atoms with Crippen molar-refractivity contribution >= 4 is 23.4 Å². The van der Waals surface area contributed by atoms with E-state index in [-0.39, 0.29) is 5.91 Å².